The summed E-state index contributed by atoms with van der Waals surface area (Å²) in [7, 11) is 0. The number of aliphatic carboxylic acids is 8. The third kappa shape index (κ3) is 24.7. The number of nitrogen functional groups attached to an aromatic ring is 1. The number of rotatable bonds is 49. The molecular formula is C86H99N5O18. The van der Waals surface area contributed by atoms with E-state index in [9.17, 15) is 88.8 Å². The van der Waals surface area contributed by atoms with Crippen molar-refractivity contribution in [3.63, 3.8) is 0 Å². The molecule has 6 unspecified atom stereocenters. The van der Waals surface area contributed by atoms with Crippen LogP contribution < -0.4 is 5.73 Å². The lowest BCUT2D eigenvalue weighted by molar-refractivity contribution is -0.140. The molecule has 0 aliphatic rings. The van der Waals surface area contributed by atoms with Crippen LogP contribution >= 0.6 is 0 Å². The first kappa shape index (κ1) is 82.0. The van der Waals surface area contributed by atoms with Crippen LogP contribution in [0.4, 0.5) is 5.69 Å². The number of para-hydroxylation sites is 2. The number of carboxylic acid groups (broad SMARTS) is 8. The number of aryl methyl sites for hydroxylation is 4. The molecule has 0 saturated heterocycles. The number of anilines is 1. The van der Waals surface area contributed by atoms with Crippen molar-refractivity contribution < 1.29 is 88.8 Å². The first-order chi connectivity index (χ1) is 52.2. The summed E-state index contributed by atoms with van der Waals surface area (Å²) in [5.41, 5.74) is 17.5. The molecule has 0 amide bonds. The fourth-order valence-corrected chi connectivity index (χ4v) is 15.6. The second-order valence-corrected chi connectivity index (χ2v) is 29.5. The zero-order chi connectivity index (χ0) is 78.3. The molecule has 10 N–H and O–H groups in total. The van der Waals surface area contributed by atoms with Crippen LogP contribution in [0.2, 0.25) is 0 Å². The number of nitrogens with zero attached hydrogens (tertiary/aromatic N) is 4. The van der Waals surface area contributed by atoms with Gasteiger partial charge in [0, 0.05) is 136 Å². The first-order valence-electron chi connectivity index (χ1n) is 37.9. The second-order valence-electron chi connectivity index (χ2n) is 29.5. The van der Waals surface area contributed by atoms with Gasteiger partial charge in [-0.1, -0.05) is 67.6 Å². The zero-order valence-electron chi connectivity index (χ0n) is 61.7. The lowest BCUT2D eigenvalue weighted by Crippen LogP contribution is -2.21. The topological polar surface area (TPSA) is 394 Å². The van der Waals surface area contributed by atoms with Crippen molar-refractivity contribution in [1.82, 2.24) is 19.1 Å². The van der Waals surface area contributed by atoms with E-state index in [0.717, 1.165) is 107 Å². The van der Waals surface area contributed by atoms with Crippen LogP contribution in [0, 0.1) is 35.5 Å². The molecule has 0 saturated carbocycles. The standard InChI is InChI=1S/C86H99N5O18/c1-53(41-68-48-63(47-66(89-68)34-23-56(43-85(106)107)10-7-17-80(96)97)61-28-37-76-72(50-61)70-12-2-4-14-74(70)90(76)51-69(92)36-24-57(44-86(108)109)25-39-82(100)101)58(26-19-54-20-31-64(87)32-21-54)27-35-67-46-62(45-65(88-67)33-22-55(42-84(104)105)9-6-16-79(94)95)60-29-38-77-73(49-60)71-13-3-5-15-75(71)91(77)52-78(93)59(30-40-83(102)103)11-8-18-81(98)99/h2-5,12-15,20-21,28-29,31-32,37-38,45-50,53,55-59H,6-11,16-19,22-27,30,33-36,39-44,51-52,87H2,1H3,(H,94,95)(H,96,97)(H,98,99)(H,100,101)(H,102,103)(H,104,105)(H,106,107)(H,108,109). The normalized spacial score (nSPS) is 13.3. The Labute approximate surface area is 632 Å². The quantitative estimate of drug-likeness (QED) is 0.0160. The number of aromatic nitrogens is 4. The molecule has 0 spiro atoms. The maximum absolute atomic E-state index is 14.2. The van der Waals surface area contributed by atoms with Crippen molar-refractivity contribution in [3.05, 3.63) is 162 Å². The summed E-state index contributed by atoms with van der Waals surface area (Å²) in [5.74, 6) is -10.1. The van der Waals surface area contributed by atoms with Gasteiger partial charge in [0.15, 0.2) is 11.6 Å². The molecule has 0 aliphatic heterocycles. The molecule has 23 nitrogen and oxygen atoms in total. The van der Waals surface area contributed by atoms with Gasteiger partial charge in [0.2, 0.25) is 0 Å². The number of hydrogen-bond acceptors (Lipinski definition) is 13. The highest BCUT2D eigenvalue weighted by molar-refractivity contribution is 6.11. The summed E-state index contributed by atoms with van der Waals surface area (Å²) in [6.45, 7) is 2.15. The van der Waals surface area contributed by atoms with Crippen molar-refractivity contribution in [3.8, 4) is 22.3 Å². The Balaban J connectivity index is 1.07. The van der Waals surface area contributed by atoms with E-state index >= 15 is 0 Å². The van der Waals surface area contributed by atoms with Gasteiger partial charge in [0.25, 0.3) is 0 Å². The van der Waals surface area contributed by atoms with Crippen LogP contribution in [0.1, 0.15) is 177 Å². The van der Waals surface area contributed by atoms with Gasteiger partial charge in [0.05, 0.1) is 13.1 Å². The highest BCUT2D eigenvalue weighted by atomic mass is 16.4. The van der Waals surface area contributed by atoms with Crippen molar-refractivity contribution in [2.45, 2.75) is 193 Å². The first-order valence-corrected chi connectivity index (χ1v) is 37.9. The summed E-state index contributed by atoms with van der Waals surface area (Å²) in [4.78, 5) is 133. The fourth-order valence-electron chi connectivity index (χ4n) is 15.6. The molecule has 4 heterocycles. The van der Waals surface area contributed by atoms with Crippen molar-refractivity contribution in [2.24, 2.45) is 35.5 Å². The van der Waals surface area contributed by atoms with Crippen LogP contribution in [0.3, 0.4) is 0 Å². The summed E-state index contributed by atoms with van der Waals surface area (Å²) < 4.78 is 3.88. The number of carboxylic acids is 8. The molecule has 0 bridgehead atoms. The van der Waals surface area contributed by atoms with Crippen LogP contribution in [0.5, 0.6) is 0 Å². The van der Waals surface area contributed by atoms with E-state index in [0.29, 0.717) is 76.3 Å². The molecule has 23 heteroatoms. The highest BCUT2D eigenvalue weighted by Crippen LogP contribution is 2.38. The molecule has 0 fully saturated rings. The third-order valence-corrected chi connectivity index (χ3v) is 21.3. The summed E-state index contributed by atoms with van der Waals surface area (Å²) in [5, 5.41) is 80.4. The number of benzene rings is 5. The van der Waals surface area contributed by atoms with Crippen LogP contribution in [-0.2, 0) is 93.1 Å². The molecule has 4 aromatic heterocycles. The van der Waals surface area contributed by atoms with Gasteiger partial charge in [-0.15, -0.1) is 0 Å². The van der Waals surface area contributed by atoms with Gasteiger partial charge in [-0.25, -0.2) is 0 Å². The number of ketones is 2. The van der Waals surface area contributed by atoms with Gasteiger partial charge >= 0.3 is 47.8 Å². The van der Waals surface area contributed by atoms with Crippen LogP contribution in [0.25, 0.3) is 65.9 Å². The Morgan fingerprint density at radius 1 is 0.367 bits per heavy atom. The number of nitrogens with two attached hydrogens (primary N) is 1. The summed E-state index contributed by atoms with van der Waals surface area (Å²) >= 11 is 0. The third-order valence-electron chi connectivity index (χ3n) is 21.3. The molecule has 9 rings (SSSR count). The van der Waals surface area contributed by atoms with Gasteiger partial charge in [-0.05, 0) is 246 Å². The Morgan fingerprint density at radius 3 is 1.26 bits per heavy atom. The van der Waals surface area contributed by atoms with Crippen LogP contribution in [0.15, 0.2) is 133 Å². The van der Waals surface area contributed by atoms with E-state index < -0.39 is 59.6 Å². The SMILES string of the molecule is CC(Cc1cc(-c2ccc3c(c2)c2ccccc2n3CC(=O)CCC(CCC(=O)O)CC(=O)O)cc(CCC(CCCC(=O)O)CC(=O)O)n1)C(CCc1ccc(N)cc1)CCc1cc(-c2ccc3c(c2)c2ccccc2n3CC(=O)C(CCCC(=O)O)CCC(=O)O)cc(CCC(CCCC(=O)O)CC(=O)O)n1. The Morgan fingerprint density at radius 2 is 0.771 bits per heavy atom. The molecule has 109 heavy (non-hydrogen) atoms. The van der Waals surface area contributed by atoms with Crippen molar-refractivity contribution in [1.29, 1.82) is 0 Å². The van der Waals surface area contributed by atoms with Gasteiger partial charge in [-0.2, -0.15) is 0 Å². The van der Waals surface area contributed by atoms with E-state index in [4.69, 9.17) is 15.7 Å². The molecule has 6 atom stereocenters. The number of carbonyl (C=O) groups is 10. The number of Topliss-reactive ketones (excluding diaryl/α,β-unsaturated/α-hetero) is 2. The lowest BCUT2D eigenvalue weighted by Gasteiger charge is -2.25. The zero-order valence-corrected chi connectivity index (χ0v) is 61.7. The molecular weight excluding hydrogens is 1390 g/mol. The summed E-state index contributed by atoms with van der Waals surface area (Å²) in [6, 6.07) is 43.6. The van der Waals surface area contributed by atoms with E-state index in [1.807, 2.05) is 118 Å². The Kier molecular flexibility index (Phi) is 29.8. The number of pyridine rings is 2. The predicted molar refractivity (Wildman–Crippen MR) is 414 cm³/mol. The van der Waals surface area contributed by atoms with Crippen molar-refractivity contribution in [2.75, 3.05) is 5.73 Å². The average molecular weight is 1490 g/mol. The van der Waals surface area contributed by atoms with E-state index in [2.05, 4.69) is 31.2 Å². The minimum atomic E-state index is -1.06. The monoisotopic (exact) mass is 1490 g/mol. The van der Waals surface area contributed by atoms with Gasteiger partial charge in [0.1, 0.15) is 0 Å². The predicted octanol–water partition coefficient (Wildman–Crippen LogP) is 15.8. The smallest absolute Gasteiger partial charge is 0.303 e. The van der Waals surface area contributed by atoms with Crippen molar-refractivity contribution >= 4 is 109 Å². The van der Waals surface area contributed by atoms with E-state index in [1.165, 1.54) is 0 Å². The van der Waals surface area contributed by atoms with Crippen LogP contribution in [-0.4, -0.2) is 119 Å². The average Bonchev–Trinajstić information content (AvgIpc) is 1.61. The molecule has 5 aromatic carbocycles. The molecule has 0 radical (unpaired) electrons. The van der Waals surface area contributed by atoms with Gasteiger partial charge < -0.3 is 55.7 Å². The van der Waals surface area contributed by atoms with E-state index in [1.54, 1.807) is 0 Å². The molecule has 9 aromatic rings. The number of fused-ring (bicyclic) bond motifs is 6. The van der Waals surface area contributed by atoms with Gasteiger partial charge in [-0.3, -0.25) is 57.9 Å². The Hall–Kier alpha value is -11.1. The molecule has 576 valence electrons. The lowest BCUT2D eigenvalue weighted by atomic mass is 9.81. The minimum absolute atomic E-state index is 0.000790. The number of hydrogen-bond donors (Lipinski definition) is 9. The van der Waals surface area contributed by atoms with E-state index in [-0.39, 0.29) is 138 Å². The fraction of sp³-hybridized carbons (Fsp3) is 0.419. The largest absolute Gasteiger partial charge is 0.481 e. The minimum Gasteiger partial charge on any atom is -0.481 e. The maximum Gasteiger partial charge on any atom is 0.303 e. The second kappa shape index (κ2) is 39.7. The summed E-state index contributed by atoms with van der Waals surface area (Å²) in [6.07, 6.45) is 5.96. The maximum atomic E-state index is 14.2. The number of carbonyl (C=O) groups excluding carboxylic acids is 2. The molecule has 0 aliphatic carbocycles. The Bertz CT molecular complexity index is 4750. The highest BCUT2D eigenvalue weighted by Gasteiger charge is 2.27.